The summed E-state index contributed by atoms with van der Waals surface area (Å²) in [5.41, 5.74) is 0.697. The van der Waals surface area contributed by atoms with Crippen molar-refractivity contribution in [3.63, 3.8) is 0 Å². The Kier molecular flexibility index (Phi) is 5.52. The smallest absolute Gasteiger partial charge is 0.341 e. The molecule has 2 aromatic rings. The average Bonchev–Trinajstić information content (AvgIpc) is 2.56. The first-order valence-electron chi connectivity index (χ1n) is 7.14. The molecule has 2 aromatic carbocycles. The molecule has 0 radical (unpaired) electrons. The SMILES string of the molecule is CC(=CF)C(=O)Oc1ccc(Oc2cccc(N(C)C)c2)c(F)c1. The second kappa shape index (κ2) is 7.59. The molecule has 0 aliphatic carbocycles. The van der Waals surface area contributed by atoms with Crippen molar-refractivity contribution in [2.24, 2.45) is 0 Å². The molecule has 0 saturated carbocycles. The van der Waals surface area contributed by atoms with Crippen molar-refractivity contribution in [1.29, 1.82) is 0 Å². The number of carbonyl (C=O) groups excluding carboxylic acids is 1. The molecule has 0 aliphatic heterocycles. The van der Waals surface area contributed by atoms with Crippen LogP contribution in [0.3, 0.4) is 0 Å². The number of nitrogens with zero attached hydrogens (tertiary/aromatic N) is 1. The molecule has 2 rings (SSSR count). The van der Waals surface area contributed by atoms with Gasteiger partial charge in [0, 0.05) is 31.9 Å². The standard InChI is InChI=1S/C18H17F2NO3/c1-12(11-19)18(22)24-15-7-8-17(16(20)10-15)23-14-6-4-5-13(9-14)21(2)3/h4-11H,1-3H3. The lowest BCUT2D eigenvalue weighted by atomic mass is 10.2. The third-order valence-corrected chi connectivity index (χ3v) is 3.16. The van der Waals surface area contributed by atoms with Gasteiger partial charge in [-0.3, -0.25) is 0 Å². The molecule has 24 heavy (non-hydrogen) atoms. The maximum absolute atomic E-state index is 14.1. The van der Waals surface area contributed by atoms with Crippen LogP contribution >= 0.6 is 0 Å². The van der Waals surface area contributed by atoms with E-state index in [0.29, 0.717) is 5.75 Å². The summed E-state index contributed by atoms with van der Waals surface area (Å²) < 4.78 is 36.7. The van der Waals surface area contributed by atoms with E-state index in [1.165, 1.54) is 19.1 Å². The van der Waals surface area contributed by atoms with Gasteiger partial charge in [0.2, 0.25) is 0 Å². The highest BCUT2D eigenvalue weighted by atomic mass is 19.1. The maximum atomic E-state index is 14.1. The van der Waals surface area contributed by atoms with Crippen LogP contribution < -0.4 is 14.4 Å². The van der Waals surface area contributed by atoms with Gasteiger partial charge in [0.05, 0.1) is 11.9 Å². The number of hydrogen-bond acceptors (Lipinski definition) is 4. The highest BCUT2D eigenvalue weighted by Crippen LogP contribution is 2.29. The summed E-state index contributed by atoms with van der Waals surface area (Å²) in [6.07, 6.45) is 0.133. The van der Waals surface area contributed by atoms with E-state index in [1.54, 1.807) is 18.2 Å². The van der Waals surface area contributed by atoms with E-state index in [-0.39, 0.29) is 23.4 Å². The minimum atomic E-state index is -0.885. The van der Waals surface area contributed by atoms with Gasteiger partial charge in [0.15, 0.2) is 11.6 Å². The van der Waals surface area contributed by atoms with Crippen LogP contribution in [0, 0.1) is 5.82 Å². The van der Waals surface area contributed by atoms with E-state index < -0.39 is 11.8 Å². The minimum absolute atomic E-state index is 0.0107. The Balaban J connectivity index is 2.15. The van der Waals surface area contributed by atoms with E-state index in [4.69, 9.17) is 9.47 Å². The van der Waals surface area contributed by atoms with Crippen LogP contribution in [0.25, 0.3) is 0 Å². The van der Waals surface area contributed by atoms with E-state index in [2.05, 4.69) is 0 Å². The van der Waals surface area contributed by atoms with Crippen LogP contribution in [0.2, 0.25) is 0 Å². The largest absolute Gasteiger partial charge is 0.454 e. The lowest BCUT2D eigenvalue weighted by Gasteiger charge is -2.14. The van der Waals surface area contributed by atoms with Crippen LogP contribution in [-0.4, -0.2) is 20.1 Å². The zero-order valence-electron chi connectivity index (χ0n) is 13.5. The molecular formula is C18H17F2NO3. The second-order valence-corrected chi connectivity index (χ2v) is 5.27. The molecule has 4 nitrogen and oxygen atoms in total. The van der Waals surface area contributed by atoms with Gasteiger partial charge in [0.25, 0.3) is 0 Å². The maximum Gasteiger partial charge on any atom is 0.341 e. The van der Waals surface area contributed by atoms with Crippen LogP contribution in [-0.2, 0) is 4.79 Å². The number of carbonyl (C=O) groups is 1. The zero-order valence-corrected chi connectivity index (χ0v) is 13.5. The van der Waals surface area contributed by atoms with Gasteiger partial charge in [-0.15, -0.1) is 0 Å². The molecule has 0 saturated heterocycles. The summed E-state index contributed by atoms with van der Waals surface area (Å²) in [7, 11) is 3.77. The normalized spacial score (nSPS) is 11.1. The molecule has 0 N–H and O–H groups in total. The Morgan fingerprint density at radius 3 is 2.50 bits per heavy atom. The first kappa shape index (κ1) is 17.5. The van der Waals surface area contributed by atoms with Gasteiger partial charge in [0.1, 0.15) is 11.5 Å². The number of benzene rings is 2. The summed E-state index contributed by atoms with van der Waals surface area (Å²) in [6.45, 7) is 1.26. The van der Waals surface area contributed by atoms with Crippen molar-refractivity contribution in [2.75, 3.05) is 19.0 Å². The molecule has 0 heterocycles. The van der Waals surface area contributed by atoms with Crippen molar-refractivity contribution in [1.82, 2.24) is 0 Å². The molecule has 0 spiro atoms. The monoisotopic (exact) mass is 333 g/mol. The zero-order chi connectivity index (χ0) is 17.7. The topological polar surface area (TPSA) is 38.8 Å². The van der Waals surface area contributed by atoms with E-state index in [0.717, 1.165) is 11.8 Å². The van der Waals surface area contributed by atoms with Crippen molar-refractivity contribution in [3.05, 3.63) is 60.2 Å². The molecule has 0 aromatic heterocycles. The summed E-state index contributed by atoms with van der Waals surface area (Å²) in [5.74, 6) is -1.15. The Morgan fingerprint density at radius 2 is 1.88 bits per heavy atom. The Hall–Kier alpha value is -2.89. The molecule has 0 bridgehead atoms. The van der Waals surface area contributed by atoms with Crippen LogP contribution in [0.1, 0.15) is 6.92 Å². The first-order valence-corrected chi connectivity index (χ1v) is 7.14. The minimum Gasteiger partial charge on any atom is -0.454 e. The van der Waals surface area contributed by atoms with Crippen LogP contribution in [0.4, 0.5) is 14.5 Å². The number of anilines is 1. The van der Waals surface area contributed by atoms with Gasteiger partial charge < -0.3 is 14.4 Å². The van der Waals surface area contributed by atoms with Crippen molar-refractivity contribution in [2.45, 2.75) is 6.92 Å². The van der Waals surface area contributed by atoms with Crippen LogP contribution in [0.5, 0.6) is 17.2 Å². The van der Waals surface area contributed by atoms with E-state index >= 15 is 0 Å². The second-order valence-electron chi connectivity index (χ2n) is 5.27. The number of halogens is 2. The molecular weight excluding hydrogens is 316 g/mol. The first-order chi connectivity index (χ1) is 11.4. The van der Waals surface area contributed by atoms with E-state index in [1.807, 2.05) is 25.1 Å². The van der Waals surface area contributed by atoms with Gasteiger partial charge in [-0.1, -0.05) is 6.07 Å². The van der Waals surface area contributed by atoms with E-state index in [9.17, 15) is 13.6 Å². The predicted octanol–water partition coefficient (Wildman–Crippen LogP) is 4.46. The van der Waals surface area contributed by atoms with Gasteiger partial charge >= 0.3 is 5.97 Å². The van der Waals surface area contributed by atoms with Crippen molar-refractivity contribution < 1.29 is 23.0 Å². The molecule has 0 amide bonds. The lowest BCUT2D eigenvalue weighted by molar-refractivity contribution is -0.130. The molecule has 6 heteroatoms. The van der Waals surface area contributed by atoms with Gasteiger partial charge in [-0.2, -0.15) is 0 Å². The number of hydrogen-bond donors (Lipinski definition) is 0. The summed E-state index contributed by atoms with van der Waals surface area (Å²) in [4.78, 5) is 13.3. The van der Waals surface area contributed by atoms with Crippen LogP contribution in [0.15, 0.2) is 54.4 Å². The Labute approximate surface area is 138 Å². The summed E-state index contributed by atoms with van der Waals surface area (Å²) in [5, 5.41) is 0. The molecule has 126 valence electrons. The predicted molar refractivity (Wildman–Crippen MR) is 87.7 cm³/mol. The summed E-state index contributed by atoms with van der Waals surface area (Å²) in [6, 6.07) is 10.9. The third-order valence-electron chi connectivity index (χ3n) is 3.16. The fourth-order valence-corrected chi connectivity index (χ4v) is 1.81. The Morgan fingerprint density at radius 1 is 1.12 bits per heavy atom. The fraction of sp³-hybridized carbons (Fsp3) is 0.167. The molecule has 0 unspecified atom stereocenters. The highest BCUT2D eigenvalue weighted by molar-refractivity contribution is 5.89. The van der Waals surface area contributed by atoms with Gasteiger partial charge in [-0.05, 0) is 31.2 Å². The number of rotatable bonds is 5. The Bertz CT molecular complexity index is 773. The lowest BCUT2D eigenvalue weighted by Crippen LogP contribution is -2.09. The highest BCUT2D eigenvalue weighted by Gasteiger charge is 2.12. The van der Waals surface area contributed by atoms with Crippen molar-refractivity contribution in [3.8, 4) is 17.2 Å². The summed E-state index contributed by atoms with van der Waals surface area (Å²) >= 11 is 0. The molecule has 0 atom stereocenters. The molecule has 0 aliphatic rings. The van der Waals surface area contributed by atoms with Gasteiger partial charge in [-0.25, -0.2) is 13.6 Å². The number of ether oxygens (including phenoxy) is 2. The number of esters is 1. The fourth-order valence-electron chi connectivity index (χ4n) is 1.81. The third kappa shape index (κ3) is 4.32. The van der Waals surface area contributed by atoms with Crippen molar-refractivity contribution >= 4 is 11.7 Å². The molecule has 0 fully saturated rings. The average molecular weight is 333 g/mol. The quantitative estimate of drug-likeness (QED) is 0.460.